The van der Waals surface area contributed by atoms with E-state index in [-0.39, 0.29) is 11.9 Å². The lowest BCUT2D eigenvalue weighted by Crippen LogP contribution is -2.26. The molecular weight excluding hydrogens is 332 g/mol. The van der Waals surface area contributed by atoms with Gasteiger partial charge >= 0.3 is 0 Å². The average Bonchev–Trinajstić information content (AvgIpc) is 3.04. The predicted molar refractivity (Wildman–Crippen MR) is 85.3 cm³/mol. The molecule has 3 aromatic rings. The van der Waals surface area contributed by atoms with E-state index in [2.05, 4.69) is 26.2 Å². The van der Waals surface area contributed by atoms with Crippen LogP contribution in [0.15, 0.2) is 45.3 Å². The first kappa shape index (κ1) is 13.9. The van der Waals surface area contributed by atoms with Gasteiger partial charge in [0, 0.05) is 15.4 Å². The molecule has 5 heteroatoms. The molecule has 0 aliphatic heterocycles. The van der Waals surface area contributed by atoms with Gasteiger partial charge in [0.2, 0.25) is 0 Å². The number of hydrogen-bond acceptors (Lipinski definition) is 2. The van der Waals surface area contributed by atoms with E-state index in [1.165, 1.54) is 0 Å². The number of carbonyl (C=O) groups excluding carboxylic acids is 1. The topological polar surface area (TPSA) is 58.0 Å². The summed E-state index contributed by atoms with van der Waals surface area (Å²) in [5.74, 6) is 1.44. The number of rotatable bonds is 3. The summed E-state index contributed by atoms with van der Waals surface area (Å²) in [5, 5.41) is 3.92. The Kier molecular flexibility index (Phi) is 3.59. The summed E-state index contributed by atoms with van der Waals surface area (Å²) in [5.41, 5.74) is 1.48. The minimum atomic E-state index is -0.177. The normalized spacial score (nSPS) is 12.5. The van der Waals surface area contributed by atoms with Gasteiger partial charge in [-0.05, 0) is 50.2 Å². The van der Waals surface area contributed by atoms with Gasteiger partial charge in [-0.1, -0.05) is 15.9 Å². The number of carbonyl (C=O) groups is 1. The van der Waals surface area contributed by atoms with Crippen molar-refractivity contribution in [1.29, 1.82) is 0 Å². The molecule has 0 radical (unpaired) electrons. The molecule has 2 heterocycles. The van der Waals surface area contributed by atoms with E-state index in [0.717, 1.165) is 26.9 Å². The maximum absolute atomic E-state index is 12.3. The smallest absolute Gasteiger partial charge is 0.268 e. The molecule has 0 aliphatic carbocycles. The highest BCUT2D eigenvalue weighted by Gasteiger charge is 2.15. The molecule has 0 unspecified atom stereocenters. The second-order valence-corrected chi connectivity index (χ2v) is 5.97. The molecule has 1 atom stereocenters. The second-order valence-electron chi connectivity index (χ2n) is 5.06. The molecule has 3 rings (SSSR count). The van der Waals surface area contributed by atoms with Gasteiger partial charge in [-0.25, -0.2) is 0 Å². The highest BCUT2D eigenvalue weighted by atomic mass is 79.9. The van der Waals surface area contributed by atoms with E-state index in [1.54, 1.807) is 0 Å². The Hall–Kier alpha value is -2.01. The van der Waals surface area contributed by atoms with Crippen molar-refractivity contribution in [3.63, 3.8) is 0 Å². The molecule has 0 fully saturated rings. The number of fused-ring (bicyclic) bond motifs is 1. The molecule has 21 heavy (non-hydrogen) atoms. The van der Waals surface area contributed by atoms with Crippen molar-refractivity contribution in [1.82, 2.24) is 10.3 Å². The Morgan fingerprint density at radius 2 is 2.10 bits per heavy atom. The first-order chi connectivity index (χ1) is 10.0. The zero-order valence-corrected chi connectivity index (χ0v) is 13.3. The minimum Gasteiger partial charge on any atom is -0.464 e. The number of nitrogens with one attached hydrogen (secondary N) is 2. The summed E-state index contributed by atoms with van der Waals surface area (Å²) in [6, 6.07) is 11.3. The largest absolute Gasteiger partial charge is 0.464 e. The number of aromatic nitrogens is 1. The highest BCUT2D eigenvalue weighted by molar-refractivity contribution is 9.10. The molecule has 0 saturated carbocycles. The zero-order chi connectivity index (χ0) is 15.0. The fraction of sp³-hybridized carbons (Fsp3) is 0.188. The maximum atomic E-state index is 12.3. The van der Waals surface area contributed by atoms with Gasteiger partial charge in [0.25, 0.3) is 5.91 Å². The van der Waals surface area contributed by atoms with Crippen molar-refractivity contribution in [3.05, 3.63) is 58.1 Å². The van der Waals surface area contributed by atoms with Crippen molar-refractivity contribution in [2.75, 3.05) is 0 Å². The lowest BCUT2D eigenvalue weighted by molar-refractivity contribution is 0.0931. The number of amides is 1. The molecular formula is C16H15BrN2O2. The van der Waals surface area contributed by atoms with Gasteiger partial charge in [0.15, 0.2) is 0 Å². The standard InChI is InChI=1S/C16H15BrN2O2/c1-9-3-6-15(21-9)10(2)18-16(20)14-8-11-7-12(17)4-5-13(11)19-14/h3-8,10,19H,1-2H3,(H,18,20)/t10-/m1/s1. The number of halogens is 1. The van der Waals surface area contributed by atoms with Gasteiger partial charge in [-0.2, -0.15) is 0 Å². The minimum absolute atomic E-state index is 0.149. The summed E-state index contributed by atoms with van der Waals surface area (Å²) in [7, 11) is 0. The third kappa shape index (κ3) is 2.88. The molecule has 0 spiro atoms. The lowest BCUT2D eigenvalue weighted by Gasteiger charge is -2.10. The first-order valence-corrected chi connectivity index (χ1v) is 7.48. The molecule has 108 valence electrons. The van der Waals surface area contributed by atoms with Crippen LogP contribution in [-0.2, 0) is 0 Å². The van der Waals surface area contributed by atoms with Crippen LogP contribution in [-0.4, -0.2) is 10.9 Å². The molecule has 0 saturated heterocycles. The molecule has 2 N–H and O–H groups in total. The average molecular weight is 347 g/mol. The Morgan fingerprint density at radius 1 is 1.29 bits per heavy atom. The quantitative estimate of drug-likeness (QED) is 0.741. The maximum Gasteiger partial charge on any atom is 0.268 e. The third-order valence-electron chi connectivity index (χ3n) is 3.36. The van der Waals surface area contributed by atoms with Crippen LogP contribution in [0.5, 0.6) is 0 Å². The van der Waals surface area contributed by atoms with Gasteiger partial charge in [-0.3, -0.25) is 4.79 Å². The first-order valence-electron chi connectivity index (χ1n) is 6.68. The summed E-state index contributed by atoms with van der Waals surface area (Å²) in [6.45, 7) is 3.78. The Morgan fingerprint density at radius 3 is 2.81 bits per heavy atom. The molecule has 0 aliphatic rings. The monoisotopic (exact) mass is 346 g/mol. The molecule has 1 aromatic carbocycles. The number of benzene rings is 1. The number of H-pyrrole nitrogens is 1. The van der Waals surface area contributed by atoms with Crippen molar-refractivity contribution in [3.8, 4) is 0 Å². The second kappa shape index (κ2) is 5.41. The molecule has 0 bridgehead atoms. The summed E-state index contributed by atoms with van der Waals surface area (Å²) < 4.78 is 6.51. The van der Waals surface area contributed by atoms with E-state index in [1.807, 2.05) is 50.2 Å². The molecule has 1 amide bonds. The Labute approximate surface area is 130 Å². The van der Waals surface area contributed by atoms with Gasteiger partial charge in [0.1, 0.15) is 17.2 Å². The number of aryl methyl sites for hydroxylation is 1. The van der Waals surface area contributed by atoms with Crippen molar-refractivity contribution >= 4 is 32.7 Å². The summed E-state index contributed by atoms with van der Waals surface area (Å²) >= 11 is 3.43. The van der Waals surface area contributed by atoms with Crippen LogP contribution in [0.1, 0.15) is 35.0 Å². The van der Waals surface area contributed by atoms with Crippen molar-refractivity contribution in [2.45, 2.75) is 19.9 Å². The number of furan rings is 1. The number of aromatic amines is 1. The van der Waals surface area contributed by atoms with E-state index < -0.39 is 0 Å². The fourth-order valence-electron chi connectivity index (χ4n) is 2.26. The third-order valence-corrected chi connectivity index (χ3v) is 3.86. The summed E-state index contributed by atoms with van der Waals surface area (Å²) in [4.78, 5) is 15.4. The highest BCUT2D eigenvalue weighted by Crippen LogP contribution is 2.21. The van der Waals surface area contributed by atoms with Crippen molar-refractivity contribution in [2.24, 2.45) is 0 Å². The molecule has 2 aromatic heterocycles. The Bertz CT molecular complexity index is 804. The van der Waals surface area contributed by atoms with E-state index >= 15 is 0 Å². The Balaban J connectivity index is 1.80. The summed E-state index contributed by atoms with van der Waals surface area (Å²) in [6.07, 6.45) is 0. The van der Waals surface area contributed by atoms with Gasteiger partial charge < -0.3 is 14.7 Å². The van der Waals surface area contributed by atoms with Crippen molar-refractivity contribution < 1.29 is 9.21 Å². The molecule has 4 nitrogen and oxygen atoms in total. The van der Waals surface area contributed by atoms with Gasteiger partial charge in [-0.15, -0.1) is 0 Å². The van der Waals surface area contributed by atoms with Crippen LogP contribution in [0, 0.1) is 6.92 Å². The lowest BCUT2D eigenvalue weighted by atomic mass is 10.2. The van der Waals surface area contributed by atoms with Crippen LogP contribution in [0.25, 0.3) is 10.9 Å². The van der Waals surface area contributed by atoms with Crippen LogP contribution in [0.2, 0.25) is 0 Å². The van der Waals surface area contributed by atoms with Crippen LogP contribution < -0.4 is 5.32 Å². The van der Waals surface area contributed by atoms with E-state index in [4.69, 9.17) is 4.42 Å². The van der Waals surface area contributed by atoms with Crippen LogP contribution in [0.3, 0.4) is 0 Å². The van der Waals surface area contributed by atoms with Crippen LogP contribution in [0.4, 0.5) is 0 Å². The number of hydrogen-bond donors (Lipinski definition) is 2. The van der Waals surface area contributed by atoms with Gasteiger partial charge in [0.05, 0.1) is 6.04 Å². The van der Waals surface area contributed by atoms with Crippen LogP contribution >= 0.6 is 15.9 Å². The van der Waals surface area contributed by atoms with E-state index in [0.29, 0.717) is 5.69 Å². The zero-order valence-electron chi connectivity index (χ0n) is 11.7. The van der Waals surface area contributed by atoms with E-state index in [9.17, 15) is 4.79 Å². The predicted octanol–water partition coefficient (Wildman–Crippen LogP) is 4.32. The fourth-order valence-corrected chi connectivity index (χ4v) is 2.64. The SMILES string of the molecule is Cc1ccc([C@@H](C)NC(=O)c2cc3cc(Br)ccc3[nH]2)o1.